The number of H-pyrrole nitrogens is 1. The van der Waals surface area contributed by atoms with Gasteiger partial charge in [0.25, 0.3) is 0 Å². The Kier molecular flexibility index (Phi) is 4.62. The number of aromatic nitrogens is 7. The van der Waals surface area contributed by atoms with Gasteiger partial charge in [-0.3, -0.25) is 14.1 Å². The van der Waals surface area contributed by atoms with E-state index in [0.717, 1.165) is 39.6 Å². The van der Waals surface area contributed by atoms with Crippen molar-refractivity contribution in [2.45, 2.75) is 36.2 Å². The van der Waals surface area contributed by atoms with Crippen LogP contribution in [0.15, 0.2) is 39.6 Å². The molecule has 0 saturated heterocycles. The first-order chi connectivity index (χ1) is 12.3. The molecule has 130 valence electrons. The third-order valence-corrected chi connectivity index (χ3v) is 6.16. The van der Waals surface area contributed by atoms with Crippen molar-refractivity contribution in [2.75, 3.05) is 11.5 Å². The second-order valence-electron chi connectivity index (χ2n) is 5.65. The molecule has 8 nitrogen and oxygen atoms in total. The molecular weight excluding hydrogens is 358 g/mol. The van der Waals surface area contributed by atoms with Crippen LogP contribution in [0.4, 0.5) is 0 Å². The molecule has 1 atom stereocenters. The molecule has 0 spiro atoms. The minimum Gasteiger partial charge on any atom is -0.297 e. The van der Waals surface area contributed by atoms with E-state index in [2.05, 4.69) is 29.9 Å². The number of nitrogens with zero attached hydrogens (tertiary/aromatic N) is 6. The van der Waals surface area contributed by atoms with E-state index in [-0.39, 0.29) is 11.7 Å². The number of fused-ring (bicyclic) bond motifs is 1. The normalized spacial score (nSPS) is 16.3. The van der Waals surface area contributed by atoms with Crippen LogP contribution in [0.25, 0.3) is 11.4 Å². The Bertz CT molecular complexity index is 918. The number of pyridine rings is 1. The van der Waals surface area contributed by atoms with Crippen molar-refractivity contribution in [1.82, 2.24) is 34.5 Å². The van der Waals surface area contributed by atoms with Crippen LogP contribution in [0.2, 0.25) is 0 Å². The van der Waals surface area contributed by atoms with Crippen LogP contribution in [-0.4, -0.2) is 46.0 Å². The molecule has 0 bridgehead atoms. The highest BCUT2D eigenvalue weighted by atomic mass is 32.2. The lowest BCUT2D eigenvalue weighted by Gasteiger charge is -2.14. The van der Waals surface area contributed by atoms with Crippen LogP contribution in [0.1, 0.15) is 19.4 Å². The van der Waals surface area contributed by atoms with Crippen molar-refractivity contribution in [3.63, 3.8) is 0 Å². The van der Waals surface area contributed by atoms with Gasteiger partial charge in [-0.2, -0.15) is 0 Å². The van der Waals surface area contributed by atoms with Gasteiger partial charge >= 0.3 is 5.69 Å². The Morgan fingerprint density at radius 3 is 3.00 bits per heavy atom. The largest absolute Gasteiger partial charge is 0.343 e. The van der Waals surface area contributed by atoms with Gasteiger partial charge in [-0.25, -0.2) is 9.89 Å². The molecule has 0 aliphatic carbocycles. The number of hydrogen-bond donors (Lipinski definition) is 1. The predicted molar refractivity (Wildman–Crippen MR) is 96.9 cm³/mol. The molecule has 4 heterocycles. The molecule has 4 rings (SSSR count). The zero-order valence-corrected chi connectivity index (χ0v) is 15.3. The minimum atomic E-state index is -0.146. The standard InChI is InChI=1S/C15H17N7OS2/c1-2-7-21-13(23)18-19-14(21)24-8-11-9-25-15-20-17-12(22(11)15)10-3-5-16-6-4-10/h3-6,11H,2,7-9H2,1H3,(H,18,23). The Balaban J connectivity index is 1.56. The summed E-state index contributed by atoms with van der Waals surface area (Å²) in [6.45, 7) is 2.73. The van der Waals surface area contributed by atoms with Gasteiger partial charge in [0.2, 0.25) is 0 Å². The molecule has 1 aliphatic rings. The quantitative estimate of drug-likeness (QED) is 0.659. The van der Waals surface area contributed by atoms with Crippen LogP contribution in [0.5, 0.6) is 0 Å². The van der Waals surface area contributed by atoms with Crippen LogP contribution in [0.3, 0.4) is 0 Å². The maximum atomic E-state index is 11.8. The van der Waals surface area contributed by atoms with Crippen molar-refractivity contribution >= 4 is 23.5 Å². The zero-order chi connectivity index (χ0) is 17.2. The highest BCUT2D eigenvalue weighted by Gasteiger charge is 2.29. The number of hydrogen-bond acceptors (Lipinski definition) is 7. The summed E-state index contributed by atoms with van der Waals surface area (Å²) < 4.78 is 3.88. The van der Waals surface area contributed by atoms with Crippen molar-refractivity contribution < 1.29 is 0 Å². The molecule has 0 aromatic carbocycles. The predicted octanol–water partition coefficient (Wildman–Crippen LogP) is 2.07. The fraction of sp³-hybridized carbons (Fsp3) is 0.400. The summed E-state index contributed by atoms with van der Waals surface area (Å²) in [7, 11) is 0. The first kappa shape index (κ1) is 16.4. The molecule has 3 aromatic heterocycles. The lowest BCUT2D eigenvalue weighted by molar-refractivity contribution is 0.587. The Morgan fingerprint density at radius 1 is 1.36 bits per heavy atom. The van der Waals surface area contributed by atoms with Crippen molar-refractivity contribution in [1.29, 1.82) is 0 Å². The van der Waals surface area contributed by atoms with Crippen LogP contribution in [-0.2, 0) is 6.54 Å². The van der Waals surface area contributed by atoms with E-state index in [9.17, 15) is 4.79 Å². The summed E-state index contributed by atoms with van der Waals surface area (Å²) in [5.74, 6) is 2.61. The number of thioether (sulfide) groups is 2. The smallest absolute Gasteiger partial charge is 0.297 e. The fourth-order valence-electron chi connectivity index (χ4n) is 2.78. The monoisotopic (exact) mass is 375 g/mol. The molecule has 1 N–H and O–H groups in total. The topological polar surface area (TPSA) is 94.3 Å². The summed E-state index contributed by atoms with van der Waals surface area (Å²) in [5, 5.41) is 17.0. The van der Waals surface area contributed by atoms with Crippen molar-refractivity contribution in [2.24, 2.45) is 0 Å². The molecule has 3 aromatic rings. The van der Waals surface area contributed by atoms with Crippen LogP contribution >= 0.6 is 23.5 Å². The highest BCUT2D eigenvalue weighted by Crippen LogP contribution is 2.38. The van der Waals surface area contributed by atoms with Crippen LogP contribution in [0, 0.1) is 0 Å². The van der Waals surface area contributed by atoms with E-state index in [4.69, 9.17) is 0 Å². The summed E-state index contributed by atoms with van der Waals surface area (Å²) in [6, 6.07) is 4.14. The molecular formula is C15H17N7OS2. The molecule has 10 heteroatoms. The molecule has 1 unspecified atom stereocenters. The highest BCUT2D eigenvalue weighted by molar-refractivity contribution is 8.00. The third-order valence-electron chi connectivity index (χ3n) is 3.95. The number of rotatable bonds is 6. The summed E-state index contributed by atoms with van der Waals surface area (Å²) in [5.41, 5.74) is 0.863. The second-order valence-corrected chi connectivity index (χ2v) is 7.63. The van der Waals surface area contributed by atoms with Gasteiger partial charge in [0, 0.05) is 36.0 Å². The molecule has 0 saturated carbocycles. The molecule has 0 fully saturated rings. The molecule has 1 aliphatic heterocycles. The lowest BCUT2D eigenvalue weighted by atomic mass is 10.2. The first-order valence-electron chi connectivity index (χ1n) is 8.04. The maximum absolute atomic E-state index is 11.8. The molecule has 0 amide bonds. The van der Waals surface area contributed by atoms with Gasteiger partial charge in [-0.15, -0.1) is 15.3 Å². The van der Waals surface area contributed by atoms with Gasteiger partial charge in [-0.1, -0.05) is 30.4 Å². The summed E-state index contributed by atoms with van der Waals surface area (Å²) in [4.78, 5) is 15.9. The number of aromatic amines is 1. The molecule has 25 heavy (non-hydrogen) atoms. The third kappa shape index (κ3) is 3.11. The van der Waals surface area contributed by atoms with E-state index >= 15 is 0 Å². The summed E-state index contributed by atoms with van der Waals surface area (Å²) in [6.07, 6.45) is 4.42. The van der Waals surface area contributed by atoms with Gasteiger partial charge in [-0.05, 0) is 18.6 Å². The van der Waals surface area contributed by atoms with Gasteiger partial charge in [0.1, 0.15) is 0 Å². The SMILES string of the molecule is CCCn1c(SCC2CSc3nnc(-c4ccncc4)n32)n[nH]c1=O. The van der Waals surface area contributed by atoms with Gasteiger partial charge in [0.05, 0.1) is 6.04 Å². The van der Waals surface area contributed by atoms with E-state index < -0.39 is 0 Å². The second kappa shape index (κ2) is 7.04. The Hall–Kier alpha value is -2.07. The first-order valence-corrected chi connectivity index (χ1v) is 10.0. The van der Waals surface area contributed by atoms with Gasteiger partial charge < -0.3 is 0 Å². The minimum absolute atomic E-state index is 0.146. The van der Waals surface area contributed by atoms with Crippen molar-refractivity contribution in [3.05, 3.63) is 35.0 Å². The molecule has 0 radical (unpaired) electrons. The average molecular weight is 375 g/mol. The van der Waals surface area contributed by atoms with Crippen molar-refractivity contribution in [3.8, 4) is 11.4 Å². The Morgan fingerprint density at radius 2 is 2.20 bits per heavy atom. The van der Waals surface area contributed by atoms with E-state index in [0.29, 0.717) is 6.54 Å². The summed E-state index contributed by atoms with van der Waals surface area (Å²) >= 11 is 3.30. The maximum Gasteiger partial charge on any atom is 0.343 e. The van der Waals surface area contributed by atoms with Crippen LogP contribution < -0.4 is 5.69 Å². The zero-order valence-electron chi connectivity index (χ0n) is 13.6. The van der Waals surface area contributed by atoms with E-state index in [1.165, 1.54) is 0 Å². The lowest BCUT2D eigenvalue weighted by Crippen LogP contribution is -2.18. The van der Waals surface area contributed by atoms with E-state index in [1.807, 2.05) is 19.1 Å². The average Bonchev–Trinajstić information content (AvgIpc) is 3.31. The number of nitrogens with one attached hydrogen (secondary N) is 1. The van der Waals surface area contributed by atoms with E-state index in [1.54, 1.807) is 40.5 Å². The van der Waals surface area contributed by atoms with Gasteiger partial charge in [0.15, 0.2) is 16.1 Å². The Labute approximate surface area is 152 Å². The fourth-order valence-corrected chi connectivity index (χ4v) is 5.05.